The molecule has 0 aliphatic carbocycles. The number of aryl methyl sites for hydroxylation is 3. The first-order valence-electron chi connectivity index (χ1n) is 5.66. The maximum atomic E-state index is 12.3. The summed E-state index contributed by atoms with van der Waals surface area (Å²) in [4.78, 5) is 19.3. The fourth-order valence-corrected chi connectivity index (χ4v) is 2.65. The number of carbonyl (C=O) groups is 1. The third-order valence-electron chi connectivity index (χ3n) is 2.91. The summed E-state index contributed by atoms with van der Waals surface area (Å²) in [6, 6.07) is 0. The molecule has 2 heterocycles. The Kier molecular flexibility index (Phi) is 3.47. The van der Waals surface area contributed by atoms with Crippen molar-refractivity contribution in [2.24, 2.45) is 0 Å². The van der Waals surface area contributed by atoms with Crippen molar-refractivity contribution in [3.63, 3.8) is 0 Å². The Morgan fingerprint density at radius 1 is 1.39 bits per heavy atom. The van der Waals surface area contributed by atoms with E-state index in [-0.39, 0.29) is 5.91 Å². The first kappa shape index (κ1) is 12.8. The number of nitrogens with one attached hydrogen (secondary N) is 1. The lowest BCUT2D eigenvalue weighted by atomic mass is 10.1. The highest BCUT2D eigenvalue weighted by Gasteiger charge is 2.20. The molecule has 0 unspecified atom stereocenters. The number of hydrogen-bond donors (Lipinski definition) is 1. The van der Waals surface area contributed by atoms with Gasteiger partial charge in [0.1, 0.15) is 0 Å². The number of H-pyrrole nitrogens is 1. The molecule has 0 aliphatic rings. The lowest BCUT2D eigenvalue weighted by Crippen LogP contribution is -2.27. The number of carbonyl (C=O) groups excluding carboxylic acids is 1. The monoisotopic (exact) mass is 264 g/mol. The predicted octanol–water partition coefficient (Wildman–Crippen LogP) is 2.06. The van der Waals surface area contributed by atoms with Crippen molar-refractivity contribution in [3.8, 4) is 0 Å². The van der Waals surface area contributed by atoms with Crippen molar-refractivity contribution in [1.82, 2.24) is 20.1 Å². The number of hydrogen-bond acceptors (Lipinski definition) is 4. The summed E-state index contributed by atoms with van der Waals surface area (Å²) < 4.78 is 0. The fraction of sp³-hybridized carbons (Fsp3) is 0.417. The van der Waals surface area contributed by atoms with Crippen molar-refractivity contribution < 1.29 is 4.79 Å². The van der Waals surface area contributed by atoms with E-state index >= 15 is 0 Å². The van der Waals surface area contributed by atoms with Crippen LogP contribution in [0.15, 0.2) is 5.51 Å². The molecule has 2 aromatic rings. The van der Waals surface area contributed by atoms with Crippen LogP contribution in [-0.2, 0) is 6.54 Å². The van der Waals surface area contributed by atoms with Crippen LogP contribution in [0, 0.1) is 20.8 Å². The Morgan fingerprint density at radius 2 is 2.11 bits per heavy atom. The van der Waals surface area contributed by atoms with E-state index < -0.39 is 0 Å². The van der Waals surface area contributed by atoms with E-state index in [1.165, 1.54) is 0 Å². The van der Waals surface area contributed by atoms with E-state index in [4.69, 9.17) is 0 Å². The van der Waals surface area contributed by atoms with Gasteiger partial charge in [0.25, 0.3) is 5.91 Å². The molecule has 0 atom stereocenters. The van der Waals surface area contributed by atoms with E-state index in [1.54, 1.807) is 28.8 Å². The van der Waals surface area contributed by atoms with Gasteiger partial charge < -0.3 is 4.90 Å². The molecule has 0 saturated heterocycles. The second-order valence-corrected chi connectivity index (χ2v) is 5.27. The molecule has 0 fully saturated rings. The molecule has 96 valence electrons. The molecule has 5 nitrogen and oxygen atoms in total. The topological polar surface area (TPSA) is 61.9 Å². The highest BCUT2D eigenvalue weighted by Crippen LogP contribution is 2.17. The minimum atomic E-state index is -0.00782. The van der Waals surface area contributed by atoms with Crippen LogP contribution in [-0.4, -0.2) is 33.0 Å². The molecular weight excluding hydrogens is 248 g/mol. The Morgan fingerprint density at radius 3 is 2.61 bits per heavy atom. The average molecular weight is 264 g/mol. The van der Waals surface area contributed by atoms with E-state index in [1.807, 2.05) is 20.8 Å². The standard InChI is InChI=1S/C12H16N4OS/c1-7-10(18-6-13-7)5-16(4)12(17)11-8(2)14-15-9(11)3/h6H,5H2,1-4H3,(H,14,15). The van der Waals surface area contributed by atoms with Crippen molar-refractivity contribution in [3.05, 3.63) is 33.0 Å². The number of rotatable bonds is 3. The smallest absolute Gasteiger partial charge is 0.257 e. The van der Waals surface area contributed by atoms with Crippen LogP contribution in [0.5, 0.6) is 0 Å². The van der Waals surface area contributed by atoms with Crippen molar-refractivity contribution >= 4 is 17.2 Å². The van der Waals surface area contributed by atoms with E-state index in [0.29, 0.717) is 12.1 Å². The lowest BCUT2D eigenvalue weighted by Gasteiger charge is -2.16. The number of nitrogens with zero attached hydrogens (tertiary/aromatic N) is 3. The van der Waals surface area contributed by atoms with Gasteiger partial charge in [0.2, 0.25) is 0 Å². The lowest BCUT2D eigenvalue weighted by molar-refractivity contribution is 0.0785. The minimum Gasteiger partial charge on any atom is -0.336 e. The number of thiazole rings is 1. The third-order valence-corrected chi connectivity index (χ3v) is 3.83. The molecule has 2 rings (SSSR count). The van der Waals surface area contributed by atoms with Gasteiger partial charge >= 0.3 is 0 Å². The number of aromatic amines is 1. The van der Waals surface area contributed by atoms with Crippen molar-refractivity contribution in [2.45, 2.75) is 27.3 Å². The van der Waals surface area contributed by atoms with Crippen LogP contribution < -0.4 is 0 Å². The molecule has 0 spiro atoms. The van der Waals surface area contributed by atoms with Crippen LogP contribution in [0.4, 0.5) is 0 Å². The largest absolute Gasteiger partial charge is 0.336 e. The van der Waals surface area contributed by atoms with Gasteiger partial charge in [0, 0.05) is 17.6 Å². The molecule has 0 bridgehead atoms. The molecule has 18 heavy (non-hydrogen) atoms. The second kappa shape index (κ2) is 4.89. The summed E-state index contributed by atoms with van der Waals surface area (Å²) >= 11 is 1.57. The summed E-state index contributed by atoms with van der Waals surface area (Å²) in [6.07, 6.45) is 0. The maximum absolute atomic E-state index is 12.3. The molecular formula is C12H16N4OS. The van der Waals surface area contributed by atoms with Gasteiger partial charge in [-0.1, -0.05) is 0 Å². The second-order valence-electron chi connectivity index (χ2n) is 4.33. The van der Waals surface area contributed by atoms with Gasteiger partial charge in [-0.05, 0) is 20.8 Å². The molecule has 0 saturated carbocycles. The Labute approximate surface area is 110 Å². The molecule has 6 heteroatoms. The molecule has 0 aromatic carbocycles. The summed E-state index contributed by atoms with van der Waals surface area (Å²) in [5, 5.41) is 6.89. The predicted molar refractivity (Wildman–Crippen MR) is 70.7 cm³/mol. The average Bonchev–Trinajstić information content (AvgIpc) is 2.86. The molecule has 0 aliphatic heterocycles. The fourth-order valence-electron chi connectivity index (χ4n) is 1.82. The molecule has 1 amide bonds. The van der Waals surface area contributed by atoms with E-state index in [2.05, 4.69) is 15.2 Å². The van der Waals surface area contributed by atoms with Gasteiger partial charge in [-0.15, -0.1) is 11.3 Å². The first-order chi connectivity index (χ1) is 8.50. The first-order valence-corrected chi connectivity index (χ1v) is 6.54. The van der Waals surface area contributed by atoms with Gasteiger partial charge in [-0.2, -0.15) is 5.10 Å². The van der Waals surface area contributed by atoms with Crippen LogP contribution in [0.3, 0.4) is 0 Å². The number of amides is 1. The maximum Gasteiger partial charge on any atom is 0.257 e. The highest BCUT2D eigenvalue weighted by molar-refractivity contribution is 7.09. The minimum absolute atomic E-state index is 0.00782. The van der Waals surface area contributed by atoms with Crippen LogP contribution in [0.2, 0.25) is 0 Å². The summed E-state index contributed by atoms with van der Waals surface area (Å²) in [7, 11) is 1.80. The zero-order chi connectivity index (χ0) is 13.3. The normalized spacial score (nSPS) is 10.7. The van der Waals surface area contributed by atoms with Gasteiger partial charge in [0.15, 0.2) is 0 Å². The van der Waals surface area contributed by atoms with Crippen molar-refractivity contribution in [2.75, 3.05) is 7.05 Å². The van der Waals surface area contributed by atoms with Crippen LogP contribution >= 0.6 is 11.3 Å². The Bertz CT molecular complexity index is 553. The summed E-state index contributed by atoms with van der Waals surface area (Å²) in [5.41, 5.74) is 5.01. The van der Waals surface area contributed by atoms with E-state index in [0.717, 1.165) is 22.0 Å². The number of aromatic nitrogens is 3. The molecule has 1 N–H and O–H groups in total. The van der Waals surface area contributed by atoms with Crippen LogP contribution in [0.25, 0.3) is 0 Å². The van der Waals surface area contributed by atoms with Gasteiger partial charge in [-0.3, -0.25) is 9.89 Å². The quantitative estimate of drug-likeness (QED) is 0.923. The Hall–Kier alpha value is -1.69. The van der Waals surface area contributed by atoms with E-state index in [9.17, 15) is 4.79 Å². The highest BCUT2D eigenvalue weighted by atomic mass is 32.1. The zero-order valence-electron chi connectivity index (χ0n) is 10.9. The molecule has 2 aromatic heterocycles. The summed E-state index contributed by atoms with van der Waals surface area (Å²) in [6.45, 7) is 6.24. The zero-order valence-corrected chi connectivity index (χ0v) is 11.8. The summed E-state index contributed by atoms with van der Waals surface area (Å²) in [5.74, 6) is -0.00782. The third kappa shape index (κ3) is 2.28. The SMILES string of the molecule is Cc1ncsc1CN(C)C(=O)c1c(C)n[nH]c1C. The van der Waals surface area contributed by atoms with Gasteiger partial charge in [0.05, 0.1) is 29.0 Å². The van der Waals surface area contributed by atoms with Crippen molar-refractivity contribution in [1.29, 1.82) is 0 Å². The van der Waals surface area contributed by atoms with Crippen LogP contribution in [0.1, 0.15) is 32.3 Å². The molecule has 0 radical (unpaired) electrons. The Balaban J connectivity index is 2.17. The van der Waals surface area contributed by atoms with Gasteiger partial charge in [-0.25, -0.2) is 4.98 Å².